The molecule has 0 bridgehead atoms. The third-order valence-electron chi connectivity index (χ3n) is 5.64. The number of rotatable bonds is 3. The molecule has 2 fully saturated rings. The molecule has 1 atom stereocenters. The van der Waals surface area contributed by atoms with Crippen molar-refractivity contribution in [3.05, 3.63) is 11.8 Å². The van der Waals surface area contributed by atoms with Gasteiger partial charge >= 0.3 is 0 Å². The minimum absolute atomic E-state index is 0.00641. The lowest BCUT2D eigenvalue weighted by Crippen LogP contribution is -2.51. The number of ketones is 1. The summed E-state index contributed by atoms with van der Waals surface area (Å²) < 4.78 is 0. The summed E-state index contributed by atoms with van der Waals surface area (Å²) in [6.45, 7) is 4.23. The van der Waals surface area contributed by atoms with Gasteiger partial charge in [-0.1, -0.05) is 19.8 Å². The Kier molecular flexibility index (Phi) is 3.95. The van der Waals surface area contributed by atoms with Crippen LogP contribution in [0.3, 0.4) is 0 Å². The summed E-state index contributed by atoms with van der Waals surface area (Å²) in [7, 11) is 0. The molecule has 1 saturated carbocycles. The predicted molar refractivity (Wildman–Crippen MR) is 91.0 cm³/mol. The van der Waals surface area contributed by atoms with Gasteiger partial charge in [-0.2, -0.15) is 4.98 Å². The second-order valence-corrected chi connectivity index (χ2v) is 7.13. The van der Waals surface area contributed by atoms with E-state index >= 15 is 0 Å². The molecule has 2 aliphatic heterocycles. The first-order chi connectivity index (χ1) is 11.3. The molecular weight excluding hydrogens is 288 g/mol. The number of Topliss-reactive ketones (excluding diaryl/α,β-unsaturated/α-hetero) is 1. The van der Waals surface area contributed by atoms with E-state index in [-0.39, 0.29) is 6.04 Å². The van der Waals surface area contributed by atoms with E-state index in [1.54, 1.807) is 0 Å². The molecular formula is C18H26N4O. The lowest BCUT2D eigenvalue weighted by Gasteiger charge is -2.40. The van der Waals surface area contributed by atoms with Gasteiger partial charge in [-0.15, -0.1) is 0 Å². The van der Waals surface area contributed by atoms with Gasteiger partial charge < -0.3 is 9.80 Å². The van der Waals surface area contributed by atoms with E-state index in [0.29, 0.717) is 18.2 Å². The number of carbonyl (C=O) groups excluding carboxylic acids is 1. The van der Waals surface area contributed by atoms with Crippen LogP contribution in [0.1, 0.15) is 57.4 Å². The van der Waals surface area contributed by atoms with Crippen LogP contribution >= 0.6 is 0 Å². The fourth-order valence-corrected chi connectivity index (χ4v) is 4.45. The zero-order valence-electron chi connectivity index (χ0n) is 14.0. The van der Waals surface area contributed by atoms with Crippen LogP contribution in [0.25, 0.3) is 0 Å². The van der Waals surface area contributed by atoms with Crippen LogP contribution in [0.5, 0.6) is 0 Å². The smallest absolute Gasteiger partial charge is 0.227 e. The maximum Gasteiger partial charge on any atom is 0.227 e. The van der Waals surface area contributed by atoms with Gasteiger partial charge in [0.25, 0.3) is 0 Å². The number of anilines is 2. The Bertz CT molecular complexity index is 591. The van der Waals surface area contributed by atoms with E-state index in [2.05, 4.69) is 21.7 Å². The number of fused-ring (bicyclic) bond motifs is 1. The Morgan fingerprint density at radius 1 is 1.17 bits per heavy atom. The summed E-state index contributed by atoms with van der Waals surface area (Å²) in [5.41, 5.74) is 1.02. The normalized spacial score (nSPS) is 25.3. The van der Waals surface area contributed by atoms with Gasteiger partial charge in [-0.3, -0.25) is 4.79 Å². The quantitative estimate of drug-likeness (QED) is 0.858. The fourth-order valence-electron chi connectivity index (χ4n) is 4.45. The molecule has 0 aromatic carbocycles. The molecule has 3 heterocycles. The van der Waals surface area contributed by atoms with E-state index < -0.39 is 0 Å². The largest absolute Gasteiger partial charge is 0.343 e. The summed E-state index contributed by atoms with van der Waals surface area (Å²) in [6, 6.07) is 0.483. The van der Waals surface area contributed by atoms with Crippen LogP contribution in [0.2, 0.25) is 0 Å². The number of nitrogens with zero attached hydrogens (tertiary/aromatic N) is 4. The molecule has 1 aliphatic carbocycles. The van der Waals surface area contributed by atoms with Crippen molar-refractivity contribution in [1.29, 1.82) is 0 Å². The van der Waals surface area contributed by atoms with Crippen molar-refractivity contribution in [2.45, 2.75) is 70.4 Å². The molecule has 3 aliphatic rings. The van der Waals surface area contributed by atoms with Crippen molar-refractivity contribution < 1.29 is 4.79 Å². The van der Waals surface area contributed by atoms with Gasteiger partial charge in [0, 0.05) is 37.3 Å². The predicted octanol–water partition coefficient (Wildman–Crippen LogP) is 2.73. The lowest BCUT2D eigenvalue weighted by atomic mass is 9.94. The average Bonchev–Trinajstić information content (AvgIpc) is 3.26. The zero-order chi connectivity index (χ0) is 15.8. The standard InChI is InChI=1S/C18H26N4O/c1-2-15-16(23)11-13-12-19-18(21-9-5-6-10-21)20-17(13)22(15)14-7-3-4-8-14/h12,14-15H,2-11H2,1H3/t15-/m1/s1. The van der Waals surface area contributed by atoms with E-state index in [0.717, 1.165) is 36.8 Å². The van der Waals surface area contributed by atoms with Crippen LogP contribution in [-0.4, -0.2) is 40.9 Å². The monoisotopic (exact) mass is 314 g/mol. The summed E-state index contributed by atoms with van der Waals surface area (Å²) >= 11 is 0. The Morgan fingerprint density at radius 2 is 1.91 bits per heavy atom. The third kappa shape index (κ3) is 2.60. The maximum absolute atomic E-state index is 12.6. The van der Waals surface area contributed by atoms with Crippen LogP contribution in [-0.2, 0) is 11.2 Å². The molecule has 1 aromatic heterocycles. The van der Waals surface area contributed by atoms with Gasteiger partial charge in [-0.05, 0) is 32.1 Å². The highest BCUT2D eigenvalue weighted by Gasteiger charge is 2.38. The van der Waals surface area contributed by atoms with Gasteiger partial charge in [-0.25, -0.2) is 4.98 Å². The van der Waals surface area contributed by atoms with Gasteiger partial charge in [0.15, 0.2) is 5.78 Å². The minimum Gasteiger partial charge on any atom is -0.343 e. The number of hydrogen-bond donors (Lipinski definition) is 0. The first-order valence-electron chi connectivity index (χ1n) is 9.20. The highest BCUT2D eigenvalue weighted by Crippen LogP contribution is 2.36. The first kappa shape index (κ1) is 14.9. The highest BCUT2D eigenvalue weighted by molar-refractivity contribution is 5.93. The maximum atomic E-state index is 12.6. The van der Waals surface area contributed by atoms with Crippen LogP contribution in [0, 0.1) is 0 Å². The van der Waals surface area contributed by atoms with Crippen molar-refractivity contribution in [1.82, 2.24) is 9.97 Å². The van der Waals surface area contributed by atoms with Gasteiger partial charge in [0.05, 0.1) is 6.04 Å². The van der Waals surface area contributed by atoms with Gasteiger partial charge in [0.1, 0.15) is 5.82 Å². The Labute approximate surface area is 138 Å². The topological polar surface area (TPSA) is 49.3 Å². The molecule has 0 radical (unpaired) electrons. The zero-order valence-corrected chi connectivity index (χ0v) is 14.0. The van der Waals surface area contributed by atoms with E-state index in [1.165, 1.54) is 38.5 Å². The SMILES string of the molecule is CC[C@@H]1C(=O)Cc2cnc(N3CCCC3)nc2N1C1CCCC1. The summed E-state index contributed by atoms with van der Waals surface area (Å²) in [4.78, 5) is 26.7. The molecule has 0 spiro atoms. The van der Waals surface area contributed by atoms with Crippen molar-refractivity contribution in [3.8, 4) is 0 Å². The van der Waals surface area contributed by atoms with E-state index in [4.69, 9.17) is 4.98 Å². The Morgan fingerprint density at radius 3 is 2.61 bits per heavy atom. The Balaban J connectivity index is 1.74. The highest BCUT2D eigenvalue weighted by atomic mass is 16.1. The summed E-state index contributed by atoms with van der Waals surface area (Å²) in [5, 5.41) is 0. The summed E-state index contributed by atoms with van der Waals surface area (Å²) in [5.74, 6) is 2.23. The molecule has 23 heavy (non-hydrogen) atoms. The molecule has 1 aromatic rings. The average molecular weight is 314 g/mol. The van der Waals surface area contributed by atoms with Crippen molar-refractivity contribution in [2.24, 2.45) is 0 Å². The molecule has 0 unspecified atom stereocenters. The van der Waals surface area contributed by atoms with Crippen LogP contribution in [0.4, 0.5) is 11.8 Å². The Hall–Kier alpha value is -1.65. The number of hydrogen-bond acceptors (Lipinski definition) is 5. The van der Waals surface area contributed by atoms with Crippen molar-refractivity contribution in [3.63, 3.8) is 0 Å². The second-order valence-electron chi connectivity index (χ2n) is 7.13. The van der Waals surface area contributed by atoms with E-state index in [9.17, 15) is 4.79 Å². The van der Waals surface area contributed by atoms with E-state index in [1.807, 2.05) is 6.20 Å². The molecule has 4 rings (SSSR count). The second kappa shape index (κ2) is 6.10. The van der Waals surface area contributed by atoms with Crippen molar-refractivity contribution in [2.75, 3.05) is 22.9 Å². The molecule has 0 N–H and O–H groups in total. The fraction of sp³-hybridized carbons (Fsp3) is 0.722. The molecule has 5 heteroatoms. The summed E-state index contributed by atoms with van der Waals surface area (Å²) in [6.07, 6.45) is 10.6. The third-order valence-corrected chi connectivity index (χ3v) is 5.64. The lowest BCUT2D eigenvalue weighted by molar-refractivity contribution is -0.120. The molecule has 5 nitrogen and oxygen atoms in total. The minimum atomic E-state index is 0.00641. The molecule has 124 valence electrons. The van der Waals surface area contributed by atoms with Gasteiger partial charge in [0.2, 0.25) is 5.95 Å². The van der Waals surface area contributed by atoms with Crippen LogP contribution < -0.4 is 9.80 Å². The number of carbonyl (C=O) groups is 1. The molecule has 1 saturated heterocycles. The van der Waals surface area contributed by atoms with Crippen molar-refractivity contribution >= 4 is 17.5 Å². The number of aromatic nitrogens is 2. The first-order valence-corrected chi connectivity index (χ1v) is 9.20. The van der Waals surface area contributed by atoms with Crippen LogP contribution in [0.15, 0.2) is 6.20 Å². The molecule has 0 amide bonds.